The van der Waals surface area contributed by atoms with Crippen molar-refractivity contribution in [2.75, 3.05) is 26.3 Å². The van der Waals surface area contributed by atoms with Gasteiger partial charge in [-0.1, -0.05) is 12.1 Å². The Morgan fingerprint density at radius 3 is 2.36 bits per heavy atom. The molecule has 25 heavy (non-hydrogen) atoms. The first kappa shape index (κ1) is 18.3. The minimum Gasteiger partial charge on any atom is -0.381 e. The monoisotopic (exact) mass is 367 g/mol. The Balaban J connectivity index is 1.60. The molecule has 0 atom stereocenters. The Morgan fingerprint density at radius 2 is 1.76 bits per heavy atom. The maximum atomic E-state index is 12.5. The molecule has 3 N–H and O–H groups in total. The highest BCUT2D eigenvalue weighted by Gasteiger charge is 2.35. The van der Waals surface area contributed by atoms with Crippen LogP contribution in [0.25, 0.3) is 0 Å². The molecule has 0 spiro atoms. The molecule has 0 saturated carbocycles. The molecule has 1 amide bonds. The van der Waals surface area contributed by atoms with Gasteiger partial charge in [-0.15, -0.1) is 0 Å². The summed E-state index contributed by atoms with van der Waals surface area (Å²) < 4.78 is 31.7. The number of amides is 1. The minimum atomic E-state index is -3.40. The van der Waals surface area contributed by atoms with Crippen LogP contribution in [-0.2, 0) is 26.1 Å². The van der Waals surface area contributed by atoms with Crippen molar-refractivity contribution in [2.45, 2.75) is 42.7 Å². The van der Waals surface area contributed by atoms with Gasteiger partial charge >= 0.3 is 0 Å². The largest absolute Gasteiger partial charge is 0.381 e. The fourth-order valence-corrected chi connectivity index (χ4v) is 4.69. The standard InChI is InChI=1S/C17H25N3O4S/c18-17(7-11-24-12-8-17)16(21)19-13-14-3-5-15(6-4-14)25(22,23)20-9-1-2-10-20/h3-6H,1-2,7-13,18H2,(H,19,21). The maximum Gasteiger partial charge on any atom is 0.243 e. The zero-order valence-corrected chi connectivity index (χ0v) is 15.1. The van der Waals surface area contributed by atoms with Crippen LogP contribution >= 0.6 is 0 Å². The van der Waals surface area contributed by atoms with Gasteiger partial charge in [-0.3, -0.25) is 4.79 Å². The highest BCUT2D eigenvalue weighted by atomic mass is 32.2. The smallest absolute Gasteiger partial charge is 0.243 e. The van der Waals surface area contributed by atoms with Gasteiger partial charge in [-0.25, -0.2) is 8.42 Å². The molecule has 2 heterocycles. The van der Waals surface area contributed by atoms with Crippen LogP contribution in [0.4, 0.5) is 0 Å². The maximum absolute atomic E-state index is 12.5. The van der Waals surface area contributed by atoms with E-state index in [2.05, 4.69) is 5.32 Å². The SMILES string of the molecule is NC1(C(=O)NCc2ccc(S(=O)(=O)N3CCCC3)cc2)CCOCC1. The fraction of sp³-hybridized carbons (Fsp3) is 0.588. The Kier molecular flexibility index (Phi) is 5.43. The van der Waals surface area contributed by atoms with Crippen molar-refractivity contribution < 1.29 is 17.9 Å². The summed E-state index contributed by atoms with van der Waals surface area (Å²) in [6, 6.07) is 6.66. The second-order valence-corrected chi connectivity index (χ2v) is 8.64. The molecule has 7 nitrogen and oxygen atoms in total. The lowest BCUT2D eigenvalue weighted by Crippen LogP contribution is -2.56. The average Bonchev–Trinajstić information content (AvgIpc) is 3.16. The number of nitrogens with one attached hydrogen (secondary N) is 1. The van der Waals surface area contributed by atoms with E-state index in [1.165, 1.54) is 4.31 Å². The number of nitrogens with two attached hydrogens (primary N) is 1. The second-order valence-electron chi connectivity index (χ2n) is 6.71. The predicted molar refractivity (Wildman–Crippen MR) is 93.3 cm³/mol. The van der Waals surface area contributed by atoms with E-state index in [9.17, 15) is 13.2 Å². The van der Waals surface area contributed by atoms with Crippen molar-refractivity contribution in [3.8, 4) is 0 Å². The van der Waals surface area contributed by atoms with Crippen molar-refractivity contribution in [3.63, 3.8) is 0 Å². The second kappa shape index (κ2) is 7.41. The fourth-order valence-electron chi connectivity index (χ4n) is 3.18. The van der Waals surface area contributed by atoms with Crippen LogP contribution in [-0.4, -0.2) is 50.5 Å². The van der Waals surface area contributed by atoms with Gasteiger partial charge in [0.15, 0.2) is 0 Å². The van der Waals surface area contributed by atoms with E-state index < -0.39 is 15.6 Å². The molecule has 3 rings (SSSR count). The van der Waals surface area contributed by atoms with Gasteiger partial charge < -0.3 is 15.8 Å². The normalized spacial score (nSPS) is 21.2. The molecule has 138 valence electrons. The van der Waals surface area contributed by atoms with Gasteiger partial charge in [0.2, 0.25) is 15.9 Å². The number of ether oxygens (including phenoxy) is 1. The van der Waals surface area contributed by atoms with E-state index in [0.717, 1.165) is 18.4 Å². The molecule has 0 bridgehead atoms. The predicted octanol–water partition coefficient (Wildman–Crippen LogP) is 0.595. The summed E-state index contributed by atoms with van der Waals surface area (Å²) in [6.07, 6.45) is 2.84. The zero-order valence-electron chi connectivity index (χ0n) is 14.2. The van der Waals surface area contributed by atoms with Crippen LogP contribution < -0.4 is 11.1 Å². The third kappa shape index (κ3) is 4.03. The summed E-state index contributed by atoms with van der Waals surface area (Å²) in [5.74, 6) is -0.190. The molecule has 0 aromatic heterocycles. The molecule has 8 heteroatoms. The van der Waals surface area contributed by atoms with Crippen LogP contribution in [0.2, 0.25) is 0 Å². The molecular weight excluding hydrogens is 342 g/mol. The summed E-state index contributed by atoms with van der Waals surface area (Å²) in [5, 5.41) is 2.84. The van der Waals surface area contributed by atoms with Crippen molar-refractivity contribution in [1.29, 1.82) is 0 Å². The Morgan fingerprint density at radius 1 is 1.16 bits per heavy atom. The molecule has 2 aliphatic rings. The zero-order chi connectivity index (χ0) is 17.9. The number of rotatable bonds is 5. The van der Waals surface area contributed by atoms with Crippen molar-refractivity contribution >= 4 is 15.9 Å². The van der Waals surface area contributed by atoms with Gasteiger partial charge in [0.1, 0.15) is 0 Å². The summed E-state index contributed by atoms with van der Waals surface area (Å²) in [7, 11) is -3.40. The van der Waals surface area contributed by atoms with Gasteiger partial charge in [-0.05, 0) is 43.4 Å². The molecular formula is C17H25N3O4S. The Labute approximate surface area is 148 Å². The first-order valence-corrected chi connectivity index (χ1v) is 10.1. The molecule has 0 radical (unpaired) electrons. The minimum absolute atomic E-state index is 0.190. The average molecular weight is 367 g/mol. The lowest BCUT2D eigenvalue weighted by molar-refractivity contribution is -0.129. The molecule has 2 fully saturated rings. The molecule has 0 unspecified atom stereocenters. The Hall–Kier alpha value is -1.48. The number of sulfonamides is 1. The highest BCUT2D eigenvalue weighted by Crippen LogP contribution is 2.21. The van der Waals surface area contributed by atoms with E-state index in [0.29, 0.717) is 50.6 Å². The summed E-state index contributed by atoms with van der Waals surface area (Å²) in [6.45, 7) is 2.48. The first-order valence-electron chi connectivity index (χ1n) is 8.66. The lowest BCUT2D eigenvalue weighted by atomic mass is 9.90. The summed E-state index contributed by atoms with van der Waals surface area (Å²) in [5.41, 5.74) is 6.10. The number of benzene rings is 1. The topological polar surface area (TPSA) is 102 Å². The highest BCUT2D eigenvalue weighted by molar-refractivity contribution is 7.89. The number of hydrogen-bond acceptors (Lipinski definition) is 5. The third-order valence-electron chi connectivity index (χ3n) is 4.92. The molecule has 2 aliphatic heterocycles. The van der Waals surface area contributed by atoms with Crippen molar-refractivity contribution in [1.82, 2.24) is 9.62 Å². The molecule has 2 saturated heterocycles. The number of carbonyl (C=O) groups is 1. The number of carbonyl (C=O) groups excluding carboxylic acids is 1. The number of hydrogen-bond donors (Lipinski definition) is 2. The van der Waals surface area contributed by atoms with E-state index >= 15 is 0 Å². The first-order chi connectivity index (χ1) is 11.9. The van der Waals surface area contributed by atoms with Crippen LogP contribution in [0, 0.1) is 0 Å². The van der Waals surface area contributed by atoms with Crippen LogP contribution in [0.5, 0.6) is 0 Å². The third-order valence-corrected chi connectivity index (χ3v) is 6.83. The molecule has 1 aromatic carbocycles. The van der Waals surface area contributed by atoms with E-state index in [-0.39, 0.29) is 5.91 Å². The van der Waals surface area contributed by atoms with Gasteiger partial charge in [0.05, 0.1) is 10.4 Å². The van der Waals surface area contributed by atoms with E-state index in [1.807, 2.05) is 0 Å². The van der Waals surface area contributed by atoms with Gasteiger partial charge in [-0.2, -0.15) is 4.31 Å². The van der Waals surface area contributed by atoms with Gasteiger partial charge in [0, 0.05) is 32.8 Å². The quantitative estimate of drug-likeness (QED) is 0.793. The summed E-state index contributed by atoms with van der Waals surface area (Å²) in [4.78, 5) is 12.6. The number of nitrogens with zero attached hydrogens (tertiary/aromatic N) is 1. The van der Waals surface area contributed by atoms with Crippen LogP contribution in [0.3, 0.4) is 0 Å². The molecule has 0 aliphatic carbocycles. The Bertz CT molecular complexity index is 706. The van der Waals surface area contributed by atoms with Crippen LogP contribution in [0.1, 0.15) is 31.2 Å². The van der Waals surface area contributed by atoms with E-state index in [4.69, 9.17) is 10.5 Å². The van der Waals surface area contributed by atoms with E-state index in [1.54, 1.807) is 24.3 Å². The van der Waals surface area contributed by atoms with Gasteiger partial charge in [0.25, 0.3) is 0 Å². The lowest BCUT2D eigenvalue weighted by Gasteiger charge is -2.31. The van der Waals surface area contributed by atoms with Crippen LogP contribution in [0.15, 0.2) is 29.2 Å². The van der Waals surface area contributed by atoms with Crippen molar-refractivity contribution in [2.24, 2.45) is 5.73 Å². The summed E-state index contributed by atoms with van der Waals surface area (Å²) >= 11 is 0. The molecule has 1 aromatic rings. The van der Waals surface area contributed by atoms with Crippen molar-refractivity contribution in [3.05, 3.63) is 29.8 Å².